The molecule has 2 heteroatoms. The molecule has 1 aromatic heterocycles. The molecule has 1 heterocycles. The van der Waals surface area contributed by atoms with E-state index in [4.69, 9.17) is 0 Å². The third kappa shape index (κ3) is 1.84. The Kier molecular flexibility index (Phi) is 2.71. The molecule has 0 aliphatic heterocycles. The van der Waals surface area contributed by atoms with E-state index in [0.717, 1.165) is 6.54 Å². The van der Waals surface area contributed by atoms with Crippen LogP contribution in [0.25, 0.3) is 0 Å². The third-order valence-electron chi connectivity index (χ3n) is 2.07. The Balaban J connectivity index is 2.71. The summed E-state index contributed by atoms with van der Waals surface area (Å²) >= 11 is 0. The first-order valence-corrected chi connectivity index (χ1v) is 4.11. The third-order valence-corrected chi connectivity index (χ3v) is 2.07. The molecule has 0 saturated carbocycles. The number of hydrogen-bond donors (Lipinski definition) is 1. The summed E-state index contributed by atoms with van der Waals surface area (Å²) < 4.78 is 2.18. The number of aromatic nitrogens is 1. The zero-order valence-corrected chi connectivity index (χ0v) is 7.46. The van der Waals surface area contributed by atoms with Crippen molar-refractivity contribution in [3.63, 3.8) is 0 Å². The predicted octanol–water partition coefficient (Wildman–Crippen LogP) is 1.79. The predicted molar refractivity (Wildman–Crippen MR) is 47.6 cm³/mol. The Hall–Kier alpha value is -0.760. The van der Waals surface area contributed by atoms with Crippen LogP contribution in [0.2, 0.25) is 0 Å². The van der Waals surface area contributed by atoms with Gasteiger partial charge < -0.3 is 9.88 Å². The van der Waals surface area contributed by atoms with E-state index in [1.54, 1.807) is 0 Å². The van der Waals surface area contributed by atoms with Crippen molar-refractivity contribution in [3.8, 4) is 0 Å². The molecule has 0 amide bonds. The lowest BCUT2D eigenvalue weighted by Crippen LogP contribution is -2.11. The number of hydrogen-bond acceptors (Lipinski definition) is 1. The number of aryl methyl sites for hydroxylation is 1. The van der Waals surface area contributed by atoms with Crippen LogP contribution in [-0.4, -0.2) is 11.6 Å². The first-order chi connectivity index (χ1) is 5.27. The van der Waals surface area contributed by atoms with Gasteiger partial charge >= 0.3 is 0 Å². The highest BCUT2D eigenvalue weighted by molar-refractivity contribution is 5.14. The van der Waals surface area contributed by atoms with Crippen LogP contribution < -0.4 is 5.32 Å². The summed E-state index contributed by atoms with van der Waals surface area (Å²) in [7, 11) is 1.98. The van der Waals surface area contributed by atoms with Gasteiger partial charge in [0.2, 0.25) is 0 Å². The van der Waals surface area contributed by atoms with Gasteiger partial charge in [0.1, 0.15) is 0 Å². The highest BCUT2D eigenvalue weighted by Crippen LogP contribution is 2.11. The molecule has 1 rings (SSSR count). The van der Waals surface area contributed by atoms with Crippen molar-refractivity contribution < 1.29 is 0 Å². The Morgan fingerprint density at radius 2 is 2.36 bits per heavy atom. The monoisotopic (exact) mass is 152 g/mol. The van der Waals surface area contributed by atoms with Crippen molar-refractivity contribution in [1.82, 2.24) is 9.88 Å². The highest BCUT2D eigenvalue weighted by Gasteiger charge is 2.02. The van der Waals surface area contributed by atoms with Gasteiger partial charge in [-0.15, -0.1) is 0 Å². The summed E-state index contributed by atoms with van der Waals surface area (Å²) in [5.74, 6) is 0. The van der Waals surface area contributed by atoms with E-state index in [1.165, 1.54) is 5.56 Å². The average Bonchev–Trinajstić information content (AvgIpc) is 2.50. The summed E-state index contributed by atoms with van der Waals surface area (Å²) in [5, 5.41) is 3.21. The summed E-state index contributed by atoms with van der Waals surface area (Å²) in [6, 6.07) is 2.62. The molecule has 0 radical (unpaired) electrons. The molecule has 62 valence electrons. The van der Waals surface area contributed by atoms with Gasteiger partial charge in [-0.1, -0.05) is 0 Å². The molecule has 0 spiro atoms. The van der Waals surface area contributed by atoms with Crippen molar-refractivity contribution in [3.05, 3.63) is 24.0 Å². The lowest BCUT2D eigenvalue weighted by molar-refractivity contribution is 0.648. The Labute approximate surface area is 68.2 Å². The van der Waals surface area contributed by atoms with Gasteiger partial charge in [0.05, 0.1) is 0 Å². The van der Waals surface area contributed by atoms with E-state index in [-0.39, 0.29) is 0 Å². The van der Waals surface area contributed by atoms with E-state index in [0.29, 0.717) is 6.04 Å². The zero-order chi connectivity index (χ0) is 8.27. The molecule has 0 bridgehead atoms. The van der Waals surface area contributed by atoms with Crippen LogP contribution in [0.5, 0.6) is 0 Å². The quantitative estimate of drug-likeness (QED) is 0.698. The van der Waals surface area contributed by atoms with Crippen molar-refractivity contribution >= 4 is 0 Å². The standard InChI is InChI=1S/C9H16N2/c1-4-11-6-5-9(7-11)8(2)10-3/h5-8,10H,4H2,1-3H3/t8-/m1/s1. The van der Waals surface area contributed by atoms with Gasteiger partial charge in [0.25, 0.3) is 0 Å². The maximum atomic E-state index is 3.21. The van der Waals surface area contributed by atoms with E-state index >= 15 is 0 Å². The van der Waals surface area contributed by atoms with Gasteiger partial charge in [-0.05, 0) is 32.5 Å². The first kappa shape index (κ1) is 8.34. The molecule has 1 atom stereocenters. The second-order valence-corrected chi connectivity index (χ2v) is 2.79. The van der Waals surface area contributed by atoms with Crippen LogP contribution in [-0.2, 0) is 6.54 Å². The smallest absolute Gasteiger partial charge is 0.0304 e. The van der Waals surface area contributed by atoms with E-state index < -0.39 is 0 Å². The minimum absolute atomic E-state index is 0.461. The van der Waals surface area contributed by atoms with Crippen LogP contribution in [0.3, 0.4) is 0 Å². The topological polar surface area (TPSA) is 17.0 Å². The molecule has 0 fully saturated rings. The lowest BCUT2D eigenvalue weighted by Gasteiger charge is -2.06. The molecular weight excluding hydrogens is 136 g/mol. The van der Waals surface area contributed by atoms with E-state index in [2.05, 4.69) is 42.2 Å². The molecule has 0 aliphatic carbocycles. The number of rotatable bonds is 3. The van der Waals surface area contributed by atoms with E-state index in [9.17, 15) is 0 Å². The highest BCUT2D eigenvalue weighted by atomic mass is 14.9. The minimum atomic E-state index is 0.461. The first-order valence-electron chi connectivity index (χ1n) is 4.11. The molecule has 1 aromatic rings. The largest absolute Gasteiger partial charge is 0.354 e. The fraction of sp³-hybridized carbons (Fsp3) is 0.556. The second-order valence-electron chi connectivity index (χ2n) is 2.79. The fourth-order valence-corrected chi connectivity index (χ4v) is 1.08. The molecule has 11 heavy (non-hydrogen) atoms. The van der Waals surface area contributed by atoms with Gasteiger partial charge in [-0.25, -0.2) is 0 Å². The van der Waals surface area contributed by atoms with Gasteiger partial charge in [-0.3, -0.25) is 0 Å². The van der Waals surface area contributed by atoms with Crippen molar-refractivity contribution in [1.29, 1.82) is 0 Å². The van der Waals surface area contributed by atoms with Gasteiger partial charge in [-0.2, -0.15) is 0 Å². The SMILES string of the molecule is CCn1ccc([C@@H](C)NC)c1. The maximum absolute atomic E-state index is 3.21. The fourth-order valence-electron chi connectivity index (χ4n) is 1.08. The minimum Gasteiger partial charge on any atom is -0.354 e. The lowest BCUT2D eigenvalue weighted by atomic mass is 10.2. The normalized spacial score (nSPS) is 13.4. The molecule has 0 aromatic carbocycles. The van der Waals surface area contributed by atoms with Crippen LogP contribution in [0.15, 0.2) is 18.5 Å². The molecule has 1 N–H and O–H groups in total. The van der Waals surface area contributed by atoms with Crippen molar-refractivity contribution in [2.75, 3.05) is 7.05 Å². The Bertz CT molecular complexity index is 215. The van der Waals surface area contributed by atoms with E-state index in [1.807, 2.05) is 7.05 Å². The summed E-state index contributed by atoms with van der Waals surface area (Å²) in [6.45, 7) is 5.36. The van der Waals surface area contributed by atoms with Crippen LogP contribution >= 0.6 is 0 Å². The summed E-state index contributed by atoms with van der Waals surface area (Å²) in [6.07, 6.45) is 4.30. The number of nitrogens with one attached hydrogen (secondary N) is 1. The zero-order valence-electron chi connectivity index (χ0n) is 7.46. The summed E-state index contributed by atoms with van der Waals surface area (Å²) in [4.78, 5) is 0. The Morgan fingerprint density at radius 1 is 1.64 bits per heavy atom. The Morgan fingerprint density at radius 3 is 2.82 bits per heavy atom. The van der Waals surface area contributed by atoms with Gasteiger partial charge in [0, 0.05) is 25.0 Å². The summed E-state index contributed by atoms with van der Waals surface area (Å²) in [5.41, 5.74) is 1.36. The molecular formula is C9H16N2. The molecule has 0 aliphatic rings. The average molecular weight is 152 g/mol. The van der Waals surface area contributed by atoms with Crippen LogP contribution in [0, 0.1) is 0 Å². The van der Waals surface area contributed by atoms with Gasteiger partial charge in [0.15, 0.2) is 0 Å². The molecule has 0 unspecified atom stereocenters. The molecule has 0 saturated heterocycles. The number of nitrogens with zero attached hydrogens (tertiary/aromatic N) is 1. The van der Waals surface area contributed by atoms with Crippen LogP contribution in [0.1, 0.15) is 25.5 Å². The van der Waals surface area contributed by atoms with Crippen molar-refractivity contribution in [2.24, 2.45) is 0 Å². The molecule has 2 nitrogen and oxygen atoms in total. The maximum Gasteiger partial charge on any atom is 0.0304 e. The van der Waals surface area contributed by atoms with Crippen molar-refractivity contribution in [2.45, 2.75) is 26.4 Å². The second kappa shape index (κ2) is 3.58. The van der Waals surface area contributed by atoms with Crippen LogP contribution in [0.4, 0.5) is 0 Å².